The van der Waals surface area contributed by atoms with E-state index in [4.69, 9.17) is 30.5 Å². The first-order valence-corrected chi connectivity index (χ1v) is 8.60. The zero-order valence-electron chi connectivity index (χ0n) is 15.1. The van der Waals surface area contributed by atoms with Crippen LogP contribution in [0.2, 0.25) is 5.02 Å². The van der Waals surface area contributed by atoms with E-state index in [0.29, 0.717) is 40.0 Å². The molecule has 2 aromatic rings. The average Bonchev–Trinajstić information content (AvgIpc) is 3.02. The molecule has 0 bridgehead atoms. The molecule has 0 spiro atoms. The molecule has 0 amide bonds. The largest absolute Gasteiger partial charge is 0.497 e. The van der Waals surface area contributed by atoms with Crippen molar-refractivity contribution in [3.63, 3.8) is 0 Å². The third-order valence-corrected chi connectivity index (χ3v) is 4.08. The number of ether oxygens (including phenoxy) is 4. The summed E-state index contributed by atoms with van der Waals surface area (Å²) in [6, 6.07) is 10.5. The molecule has 7 heteroatoms. The van der Waals surface area contributed by atoms with E-state index in [1.54, 1.807) is 49.6 Å². The molecule has 0 unspecified atom stereocenters. The molecule has 0 aromatic heterocycles. The van der Waals surface area contributed by atoms with Gasteiger partial charge in [-0.3, -0.25) is 0 Å². The molecule has 0 N–H and O–H groups in total. The van der Waals surface area contributed by atoms with Gasteiger partial charge in [0.15, 0.2) is 17.2 Å². The zero-order chi connectivity index (χ0) is 19.4. The fourth-order valence-electron chi connectivity index (χ4n) is 2.56. The molecule has 3 rings (SSSR count). The first-order chi connectivity index (χ1) is 13.0. The fraction of sp³-hybridized carbons (Fsp3) is 0.200. The summed E-state index contributed by atoms with van der Waals surface area (Å²) in [6.45, 7) is 2.31. The van der Waals surface area contributed by atoms with Gasteiger partial charge < -0.3 is 18.9 Å². The van der Waals surface area contributed by atoms with Gasteiger partial charge >= 0.3 is 5.97 Å². The number of esters is 1. The highest BCUT2D eigenvalue weighted by Crippen LogP contribution is 2.37. The van der Waals surface area contributed by atoms with Crippen LogP contribution in [-0.2, 0) is 9.53 Å². The fourth-order valence-corrected chi connectivity index (χ4v) is 2.85. The monoisotopic (exact) mass is 387 g/mol. The van der Waals surface area contributed by atoms with Gasteiger partial charge in [-0.05, 0) is 55.0 Å². The van der Waals surface area contributed by atoms with Gasteiger partial charge in [0.2, 0.25) is 5.90 Å². The first kappa shape index (κ1) is 18.8. The number of cyclic esters (lactones) is 1. The smallest absolute Gasteiger partial charge is 0.363 e. The molecular weight excluding hydrogens is 370 g/mol. The highest BCUT2D eigenvalue weighted by atomic mass is 35.5. The quantitative estimate of drug-likeness (QED) is 0.551. The number of aliphatic imine (C=N–C) groups is 1. The lowest BCUT2D eigenvalue weighted by Gasteiger charge is -2.11. The van der Waals surface area contributed by atoms with Gasteiger partial charge in [-0.25, -0.2) is 9.79 Å². The summed E-state index contributed by atoms with van der Waals surface area (Å²) >= 11 is 6.25. The van der Waals surface area contributed by atoms with Crippen LogP contribution in [0, 0.1) is 0 Å². The molecule has 0 atom stereocenters. The van der Waals surface area contributed by atoms with Gasteiger partial charge in [-0.1, -0.05) is 11.6 Å². The molecule has 0 radical (unpaired) electrons. The minimum atomic E-state index is -0.536. The molecule has 1 aliphatic heterocycles. The van der Waals surface area contributed by atoms with Crippen molar-refractivity contribution in [3.8, 4) is 17.2 Å². The Labute approximate surface area is 162 Å². The lowest BCUT2D eigenvalue weighted by molar-refractivity contribution is -0.129. The number of halogens is 1. The van der Waals surface area contributed by atoms with Crippen molar-refractivity contribution >= 4 is 29.5 Å². The van der Waals surface area contributed by atoms with Crippen LogP contribution in [0.25, 0.3) is 6.08 Å². The second-order valence-corrected chi connectivity index (χ2v) is 5.94. The van der Waals surface area contributed by atoms with Crippen LogP contribution in [0.4, 0.5) is 0 Å². The molecule has 6 nitrogen and oxygen atoms in total. The maximum Gasteiger partial charge on any atom is 0.363 e. The van der Waals surface area contributed by atoms with Crippen LogP contribution < -0.4 is 14.2 Å². The number of carbonyl (C=O) groups excluding carboxylic acids is 1. The van der Waals surface area contributed by atoms with Gasteiger partial charge in [-0.15, -0.1) is 0 Å². The average molecular weight is 388 g/mol. The van der Waals surface area contributed by atoms with Crippen molar-refractivity contribution in [2.75, 3.05) is 20.8 Å². The summed E-state index contributed by atoms with van der Waals surface area (Å²) < 4.78 is 21.2. The SMILES string of the molecule is CCOc1cc(/C=C2/N=C(c3ccc(OC)cc3)OC2=O)cc(Cl)c1OC. The molecule has 140 valence electrons. The number of benzene rings is 2. The molecule has 27 heavy (non-hydrogen) atoms. The van der Waals surface area contributed by atoms with E-state index in [2.05, 4.69) is 4.99 Å². The van der Waals surface area contributed by atoms with Crippen molar-refractivity contribution < 1.29 is 23.7 Å². The summed E-state index contributed by atoms with van der Waals surface area (Å²) in [6.07, 6.45) is 1.59. The number of carbonyl (C=O) groups is 1. The highest BCUT2D eigenvalue weighted by molar-refractivity contribution is 6.32. The molecule has 0 saturated carbocycles. The topological polar surface area (TPSA) is 66.3 Å². The predicted molar refractivity (Wildman–Crippen MR) is 103 cm³/mol. The summed E-state index contributed by atoms with van der Waals surface area (Å²) in [5, 5.41) is 0.376. The summed E-state index contributed by atoms with van der Waals surface area (Å²) in [5.74, 6) is 1.34. The van der Waals surface area contributed by atoms with E-state index >= 15 is 0 Å². The Bertz CT molecular complexity index is 919. The van der Waals surface area contributed by atoms with E-state index in [0.717, 1.165) is 0 Å². The Kier molecular flexibility index (Phi) is 5.66. The lowest BCUT2D eigenvalue weighted by atomic mass is 10.1. The Hall–Kier alpha value is -2.99. The number of rotatable bonds is 6. The normalized spacial score (nSPS) is 14.7. The number of methoxy groups -OCH3 is 2. The maximum absolute atomic E-state index is 12.2. The number of nitrogens with zero attached hydrogens (tertiary/aromatic N) is 1. The molecule has 2 aromatic carbocycles. The minimum absolute atomic E-state index is 0.171. The van der Waals surface area contributed by atoms with Crippen molar-refractivity contribution in [2.45, 2.75) is 6.92 Å². The maximum atomic E-state index is 12.2. The summed E-state index contributed by atoms with van der Waals surface area (Å²) in [7, 11) is 3.10. The standard InChI is InChI=1S/C20H18ClNO5/c1-4-26-17-11-12(9-15(21)18(17)25-3)10-16-20(23)27-19(22-16)13-5-7-14(24-2)8-6-13/h5-11H,4H2,1-3H3/b16-10+. The van der Waals surface area contributed by atoms with E-state index in [1.165, 1.54) is 7.11 Å². The van der Waals surface area contributed by atoms with Gasteiger partial charge in [0.25, 0.3) is 0 Å². The number of hydrogen-bond acceptors (Lipinski definition) is 6. The Balaban J connectivity index is 1.94. The van der Waals surface area contributed by atoms with Crippen LogP contribution >= 0.6 is 11.6 Å². The second-order valence-electron chi connectivity index (χ2n) is 5.53. The van der Waals surface area contributed by atoms with Crippen molar-refractivity contribution in [1.82, 2.24) is 0 Å². The summed E-state index contributed by atoms with van der Waals surface area (Å²) in [5.41, 5.74) is 1.50. The number of hydrogen-bond donors (Lipinski definition) is 0. The zero-order valence-corrected chi connectivity index (χ0v) is 15.9. The van der Waals surface area contributed by atoms with Crippen LogP contribution in [-0.4, -0.2) is 32.7 Å². The first-order valence-electron chi connectivity index (χ1n) is 8.23. The molecule has 1 heterocycles. The third kappa shape index (κ3) is 4.06. The van der Waals surface area contributed by atoms with E-state index in [9.17, 15) is 4.79 Å². The Morgan fingerprint density at radius 3 is 2.52 bits per heavy atom. The van der Waals surface area contributed by atoms with E-state index in [-0.39, 0.29) is 11.6 Å². The third-order valence-electron chi connectivity index (χ3n) is 3.80. The van der Waals surface area contributed by atoms with Crippen molar-refractivity contribution in [2.24, 2.45) is 4.99 Å². The molecule has 0 aliphatic carbocycles. The van der Waals surface area contributed by atoms with Crippen LogP contribution in [0.1, 0.15) is 18.1 Å². The van der Waals surface area contributed by atoms with Gasteiger partial charge in [0, 0.05) is 5.56 Å². The predicted octanol–water partition coefficient (Wildman–Crippen LogP) is 4.10. The van der Waals surface area contributed by atoms with Gasteiger partial charge in [0.1, 0.15) is 5.75 Å². The Morgan fingerprint density at radius 1 is 1.15 bits per heavy atom. The molecule has 0 fully saturated rings. The minimum Gasteiger partial charge on any atom is -0.497 e. The van der Waals surface area contributed by atoms with Crippen LogP contribution in [0.3, 0.4) is 0 Å². The highest BCUT2D eigenvalue weighted by Gasteiger charge is 2.24. The second kappa shape index (κ2) is 8.14. The van der Waals surface area contributed by atoms with Crippen LogP contribution in [0.5, 0.6) is 17.2 Å². The van der Waals surface area contributed by atoms with Gasteiger partial charge in [0.05, 0.1) is 25.8 Å². The molecule has 0 saturated heterocycles. The molecule has 1 aliphatic rings. The van der Waals surface area contributed by atoms with Crippen molar-refractivity contribution in [1.29, 1.82) is 0 Å². The summed E-state index contributed by atoms with van der Waals surface area (Å²) in [4.78, 5) is 16.5. The lowest BCUT2D eigenvalue weighted by Crippen LogP contribution is -2.05. The van der Waals surface area contributed by atoms with E-state index < -0.39 is 5.97 Å². The van der Waals surface area contributed by atoms with Crippen LogP contribution in [0.15, 0.2) is 47.1 Å². The van der Waals surface area contributed by atoms with E-state index in [1.807, 2.05) is 6.92 Å². The van der Waals surface area contributed by atoms with Gasteiger partial charge in [-0.2, -0.15) is 0 Å². The van der Waals surface area contributed by atoms with Crippen molar-refractivity contribution in [3.05, 3.63) is 58.2 Å². The molecular formula is C20H18ClNO5. The Morgan fingerprint density at radius 2 is 1.89 bits per heavy atom.